The van der Waals surface area contributed by atoms with E-state index in [0.29, 0.717) is 23.4 Å². The van der Waals surface area contributed by atoms with E-state index in [-0.39, 0.29) is 15.8 Å². The molecule has 1 fully saturated rings. The predicted octanol–water partition coefficient (Wildman–Crippen LogP) is 4.08. The Balaban J connectivity index is 1.81. The van der Waals surface area contributed by atoms with Gasteiger partial charge in [-0.05, 0) is 39.1 Å². The van der Waals surface area contributed by atoms with Gasteiger partial charge in [0.2, 0.25) is 5.95 Å². The molecular formula is C17H21Cl2N5O. The summed E-state index contributed by atoms with van der Waals surface area (Å²) < 4.78 is 0. The number of phenols is 1. The summed E-state index contributed by atoms with van der Waals surface area (Å²) in [5.41, 5.74) is 1.69. The van der Waals surface area contributed by atoms with Crippen molar-refractivity contribution >= 4 is 40.7 Å². The number of halogens is 2. The summed E-state index contributed by atoms with van der Waals surface area (Å²) in [7, 11) is 4.04. The van der Waals surface area contributed by atoms with Gasteiger partial charge in [-0.2, -0.15) is 4.98 Å². The number of nitrogens with one attached hydrogen (secondary N) is 2. The predicted molar refractivity (Wildman–Crippen MR) is 102 cm³/mol. The number of nitrogens with zero attached hydrogens (tertiary/aromatic N) is 3. The quantitative estimate of drug-likeness (QED) is 0.627. The third kappa shape index (κ3) is 4.87. The maximum absolute atomic E-state index is 9.68. The van der Waals surface area contributed by atoms with E-state index in [1.54, 1.807) is 12.1 Å². The highest BCUT2D eigenvalue weighted by molar-refractivity contribution is 6.37. The van der Waals surface area contributed by atoms with Crippen LogP contribution in [0.2, 0.25) is 10.0 Å². The molecule has 1 aliphatic carbocycles. The highest BCUT2D eigenvalue weighted by atomic mass is 35.5. The summed E-state index contributed by atoms with van der Waals surface area (Å²) in [5, 5.41) is 16.5. The van der Waals surface area contributed by atoms with E-state index in [9.17, 15) is 5.11 Å². The van der Waals surface area contributed by atoms with Crippen LogP contribution in [0.4, 0.5) is 17.5 Å². The van der Waals surface area contributed by atoms with Gasteiger partial charge in [0.15, 0.2) is 5.75 Å². The molecule has 6 nitrogen and oxygen atoms in total. The van der Waals surface area contributed by atoms with Crippen LogP contribution in [-0.2, 0) is 0 Å². The van der Waals surface area contributed by atoms with Crippen molar-refractivity contribution in [3.63, 3.8) is 0 Å². The monoisotopic (exact) mass is 381 g/mol. The Labute approximate surface area is 157 Å². The Morgan fingerprint density at radius 2 is 1.84 bits per heavy atom. The molecule has 134 valence electrons. The SMILES string of the molecule is CN(C)CCNc1nc(Nc2cc(Cl)c(O)c(Cl)c2)cc(C2CC2)n1. The molecule has 8 heteroatoms. The molecule has 1 aromatic carbocycles. The third-order valence-electron chi connectivity index (χ3n) is 3.87. The molecule has 0 atom stereocenters. The molecule has 3 N–H and O–H groups in total. The highest BCUT2D eigenvalue weighted by Crippen LogP contribution is 2.40. The molecule has 0 aliphatic heterocycles. The second-order valence-electron chi connectivity index (χ2n) is 6.42. The first kappa shape index (κ1) is 18.0. The molecule has 25 heavy (non-hydrogen) atoms. The molecule has 0 spiro atoms. The average molecular weight is 382 g/mol. The summed E-state index contributed by atoms with van der Waals surface area (Å²) >= 11 is 12.0. The zero-order valence-corrected chi connectivity index (χ0v) is 15.7. The van der Waals surface area contributed by atoms with Crippen molar-refractivity contribution in [1.29, 1.82) is 0 Å². The number of rotatable bonds is 7. The highest BCUT2D eigenvalue weighted by Gasteiger charge is 2.26. The number of benzene rings is 1. The van der Waals surface area contributed by atoms with Crippen LogP contribution >= 0.6 is 23.2 Å². The van der Waals surface area contributed by atoms with Crippen molar-refractivity contribution < 1.29 is 5.11 Å². The Hall–Kier alpha value is -1.76. The van der Waals surface area contributed by atoms with Gasteiger partial charge in [0.05, 0.1) is 15.7 Å². The van der Waals surface area contributed by atoms with Crippen LogP contribution in [0.3, 0.4) is 0 Å². The molecule has 0 amide bonds. The lowest BCUT2D eigenvalue weighted by Gasteiger charge is -2.13. The zero-order chi connectivity index (χ0) is 18.0. The Morgan fingerprint density at radius 1 is 1.16 bits per heavy atom. The lowest BCUT2D eigenvalue weighted by atomic mass is 10.2. The van der Waals surface area contributed by atoms with Crippen LogP contribution in [0.5, 0.6) is 5.75 Å². The Morgan fingerprint density at radius 3 is 2.44 bits per heavy atom. The number of hydrogen-bond acceptors (Lipinski definition) is 6. The second kappa shape index (κ2) is 7.64. The van der Waals surface area contributed by atoms with Crippen LogP contribution in [0, 0.1) is 0 Å². The van der Waals surface area contributed by atoms with Gasteiger partial charge in [0.1, 0.15) is 5.82 Å². The number of aromatic nitrogens is 2. The topological polar surface area (TPSA) is 73.3 Å². The molecule has 2 aromatic rings. The lowest BCUT2D eigenvalue weighted by Crippen LogP contribution is -2.21. The molecule has 3 rings (SSSR count). The third-order valence-corrected chi connectivity index (χ3v) is 4.45. The molecule has 0 radical (unpaired) electrons. The number of aromatic hydroxyl groups is 1. The van der Waals surface area contributed by atoms with Crippen LogP contribution in [0.15, 0.2) is 18.2 Å². The van der Waals surface area contributed by atoms with Gasteiger partial charge in [0.25, 0.3) is 0 Å². The minimum absolute atomic E-state index is 0.124. The average Bonchev–Trinajstić information content (AvgIpc) is 3.37. The van der Waals surface area contributed by atoms with E-state index < -0.39 is 0 Å². The van der Waals surface area contributed by atoms with Crippen LogP contribution < -0.4 is 10.6 Å². The van der Waals surface area contributed by atoms with Crippen molar-refractivity contribution in [1.82, 2.24) is 14.9 Å². The maximum Gasteiger partial charge on any atom is 0.224 e. The Kier molecular flexibility index (Phi) is 5.51. The van der Waals surface area contributed by atoms with Gasteiger partial charge >= 0.3 is 0 Å². The van der Waals surface area contributed by atoms with Crippen LogP contribution in [0.1, 0.15) is 24.5 Å². The fraction of sp³-hybridized carbons (Fsp3) is 0.412. The number of phenolic OH excluding ortho intramolecular Hbond substituents is 1. The van der Waals surface area contributed by atoms with Crippen LogP contribution in [0.25, 0.3) is 0 Å². The molecular weight excluding hydrogens is 361 g/mol. The van der Waals surface area contributed by atoms with Gasteiger partial charge in [0, 0.05) is 30.8 Å². The van der Waals surface area contributed by atoms with Gasteiger partial charge in [-0.3, -0.25) is 0 Å². The first-order valence-electron chi connectivity index (χ1n) is 8.15. The minimum Gasteiger partial charge on any atom is -0.505 e. The first-order chi connectivity index (χ1) is 11.9. The molecule has 0 bridgehead atoms. The fourth-order valence-electron chi connectivity index (χ4n) is 2.37. The summed E-state index contributed by atoms with van der Waals surface area (Å²) in [5.74, 6) is 1.65. The largest absolute Gasteiger partial charge is 0.505 e. The normalized spacial score (nSPS) is 14.0. The molecule has 0 unspecified atom stereocenters. The smallest absolute Gasteiger partial charge is 0.224 e. The van der Waals surface area contributed by atoms with E-state index in [1.165, 1.54) is 0 Å². The van der Waals surface area contributed by atoms with E-state index in [4.69, 9.17) is 23.2 Å². The molecule has 1 aromatic heterocycles. The van der Waals surface area contributed by atoms with Gasteiger partial charge < -0.3 is 20.6 Å². The van der Waals surface area contributed by atoms with Crippen molar-refractivity contribution in [2.75, 3.05) is 37.8 Å². The minimum atomic E-state index is -0.124. The van der Waals surface area contributed by atoms with Gasteiger partial charge in [-0.25, -0.2) is 4.98 Å². The van der Waals surface area contributed by atoms with E-state index in [1.807, 2.05) is 20.2 Å². The van der Waals surface area contributed by atoms with Gasteiger partial charge in [-0.15, -0.1) is 0 Å². The Bertz CT molecular complexity index is 742. The molecule has 1 heterocycles. The number of hydrogen-bond donors (Lipinski definition) is 3. The van der Waals surface area contributed by atoms with Crippen LogP contribution in [-0.4, -0.2) is 47.2 Å². The van der Waals surface area contributed by atoms with Crippen molar-refractivity contribution in [3.05, 3.63) is 33.9 Å². The van der Waals surface area contributed by atoms with E-state index >= 15 is 0 Å². The molecule has 0 saturated heterocycles. The summed E-state index contributed by atoms with van der Waals surface area (Å²) in [6, 6.07) is 5.17. The maximum atomic E-state index is 9.68. The summed E-state index contributed by atoms with van der Waals surface area (Å²) in [6.07, 6.45) is 2.31. The zero-order valence-electron chi connectivity index (χ0n) is 14.2. The van der Waals surface area contributed by atoms with Crippen molar-refractivity contribution in [2.45, 2.75) is 18.8 Å². The second-order valence-corrected chi connectivity index (χ2v) is 7.23. The first-order valence-corrected chi connectivity index (χ1v) is 8.90. The van der Waals surface area contributed by atoms with E-state index in [2.05, 4.69) is 25.5 Å². The fourth-order valence-corrected chi connectivity index (χ4v) is 2.86. The van der Waals surface area contributed by atoms with Crippen molar-refractivity contribution in [2.24, 2.45) is 0 Å². The molecule has 1 saturated carbocycles. The molecule has 1 aliphatic rings. The number of anilines is 3. The standard InChI is InChI=1S/C17H21Cl2N5O/c1-24(2)6-5-20-17-22-14(10-3-4-10)9-15(23-17)21-11-7-12(18)16(25)13(19)8-11/h7-10,25H,3-6H2,1-2H3,(H2,20,21,22,23). The summed E-state index contributed by atoms with van der Waals surface area (Å²) in [4.78, 5) is 11.2. The van der Waals surface area contributed by atoms with Crippen molar-refractivity contribution in [3.8, 4) is 5.75 Å². The lowest BCUT2D eigenvalue weighted by molar-refractivity contribution is 0.425. The summed E-state index contributed by atoms with van der Waals surface area (Å²) in [6.45, 7) is 1.65. The number of likely N-dealkylation sites (N-methyl/N-ethyl adjacent to an activating group) is 1. The van der Waals surface area contributed by atoms with E-state index in [0.717, 1.165) is 31.6 Å². The van der Waals surface area contributed by atoms with Gasteiger partial charge in [-0.1, -0.05) is 23.2 Å².